The average Bonchev–Trinajstić information content (AvgIpc) is 2.22. The van der Waals surface area contributed by atoms with Crippen molar-refractivity contribution in [2.45, 2.75) is 45.7 Å². The summed E-state index contributed by atoms with van der Waals surface area (Å²) < 4.78 is 0. The average molecular weight is 236 g/mol. The van der Waals surface area contributed by atoms with E-state index in [0.29, 0.717) is 18.8 Å². The van der Waals surface area contributed by atoms with Gasteiger partial charge in [0.2, 0.25) is 11.8 Å². The number of amides is 2. The zero-order valence-corrected chi connectivity index (χ0v) is 10.7. The van der Waals surface area contributed by atoms with Crippen LogP contribution in [-0.2, 0) is 9.59 Å². The van der Waals surface area contributed by atoms with Gasteiger partial charge in [0.25, 0.3) is 0 Å². The van der Waals surface area contributed by atoms with E-state index in [-0.39, 0.29) is 24.4 Å². The van der Waals surface area contributed by atoms with Crippen molar-refractivity contribution in [1.29, 1.82) is 0 Å². The lowest BCUT2D eigenvalue weighted by Crippen LogP contribution is -2.60. The number of piperazine rings is 1. The van der Waals surface area contributed by atoms with Gasteiger partial charge in [-0.3, -0.25) is 9.59 Å². The van der Waals surface area contributed by atoms with Crippen LogP contribution in [-0.4, -0.2) is 35.3 Å². The maximum absolute atomic E-state index is 12.2. The van der Waals surface area contributed by atoms with E-state index in [1.54, 1.807) is 4.90 Å². The number of rotatable bonds is 4. The molecule has 0 aromatic carbocycles. The molecule has 1 heterocycles. The molecule has 0 spiro atoms. The van der Waals surface area contributed by atoms with Gasteiger partial charge < -0.3 is 10.2 Å². The molecule has 94 valence electrons. The summed E-state index contributed by atoms with van der Waals surface area (Å²) in [7, 11) is 0. The van der Waals surface area contributed by atoms with Gasteiger partial charge in [0, 0.05) is 12.5 Å². The Hall–Kier alpha value is -1.50. The summed E-state index contributed by atoms with van der Waals surface area (Å²) in [5.41, 5.74) is 0. The van der Waals surface area contributed by atoms with Crippen LogP contribution < -0.4 is 5.32 Å². The third-order valence-electron chi connectivity index (χ3n) is 2.88. The molecule has 2 unspecified atom stereocenters. The van der Waals surface area contributed by atoms with E-state index in [4.69, 9.17) is 6.42 Å². The highest BCUT2D eigenvalue weighted by atomic mass is 16.2. The van der Waals surface area contributed by atoms with Crippen LogP contribution in [0.25, 0.3) is 0 Å². The Balaban J connectivity index is 2.75. The first-order valence-electron chi connectivity index (χ1n) is 5.99. The smallest absolute Gasteiger partial charge is 0.245 e. The molecular formula is C13H20N2O2. The van der Waals surface area contributed by atoms with E-state index in [1.165, 1.54) is 0 Å². The van der Waals surface area contributed by atoms with Gasteiger partial charge in [-0.05, 0) is 19.3 Å². The standard InChI is InChI=1S/C13H20N2O2/c1-5-6-10(4)15-8-12(16)14-11(13(15)17)7-9(2)3/h1,9-11H,6-8H2,2-4H3,(H,14,16). The van der Waals surface area contributed by atoms with E-state index in [2.05, 4.69) is 11.2 Å². The Kier molecular flexibility index (Phi) is 4.56. The summed E-state index contributed by atoms with van der Waals surface area (Å²) >= 11 is 0. The van der Waals surface area contributed by atoms with E-state index in [9.17, 15) is 9.59 Å². The van der Waals surface area contributed by atoms with Crippen LogP contribution in [0.4, 0.5) is 0 Å². The molecule has 1 aliphatic heterocycles. The highest BCUT2D eigenvalue weighted by Crippen LogP contribution is 2.15. The monoisotopic (exact) mass is 236 g/mol. The first kappa shape index (κ1) is 13.6. The lowest BCUT2D eigenvalue weighted by Gasteiger charge is -2.36. The Bertz CT molecular complexity index is 344. The largest absolute Gasteiger partial charge is 0.343 e. The third-order valence-corrected chi connectivity index (χ3v) is 2.88. The highest BCUT2D eigenvalue weighted by Gasteiger charge is 2.34. The molecule has 2 atom stereocenters. The molecule has 0 aromatic heterocycles. The van der Waals surface area contributed by atoms with E-state index < -0.39 is 6.04 Å². The molecule has 1 saturated heterocycles. The second kappa shape index (κ2) is 5.72. The van der Waals surface area contributed by atoms with E-state index in [1.807, 2.05) is 20.8 Å². The van der Waals surface area contributed by atoms with Gasteiger partial charge in [0.15, 0.2) is 0 Å². The van der Waals surface area contributed by atoms with Gasteiger partial charge in [-0.1, -0.05) is 13.8 Å². The minimum atomic E-state index is -0.392. The van der Waals surface area contributed by atoms with Crippen LogP contribution in [0.15, 0.2) is 0 Å². The van der Waals surface area contributed by atoms with Crippen LogP contribution in [0.2, 0.25) is 0 Å². The topological polar surface area (TPSA) is 49.4 Å². The van der Waals surface area contributed by atoms with Crippen LogP contribution in [0.5, 0.6) is 0 Å². The predicted molar refractivity (Wildman–Crippen MR) is 66.0 cm³/mol. The second-order valence-corrected chi connectivity index (χ2v) is 4.97. The minimum absolute atomic E-state index is 0.0129. The van der Waals surface area contributed by atoms with Crippen molar-refractivity contribution < 1.29 is 9.59 Å². The van der Waals surface area contributed by atoms with Gasteiger partial charge in [-0.25, -0.2) is 0 Å². The summed E-state index contributed by atoms with van der Waals surface area (Å²) in [6.07, 6.45) is 6.39. The summed E-state index contributed by atoms with van der Waals surface area (Å²) in [4.78, 5) is 25.3. The third kappa shape index (κ3) is 3.48. The Morgan fingerprint density at radius 3 is 2.65 bits per heavy atom. The fraction of sp³-hybridized carbons (Fsp3) is 0.692. The van der Waals surface area contributed by atoms with Crippen molar-refractivity contribution in [2.24, 2.45) is 5.92 Å². The van der Waals surface area contributed by atoms with Crippen molar-refractivity contribution in [2.75, 3.05) is 6.54 Å². The summed E-state index contributed by atoms with van der Waals surface area (Å²) in [5, 5.41) is 2.74. The maximum atomic E-state index is 12.2. The van der Waals surface area contributed by atoms with Crippen molar-refractivity contribution in [3.63, 3.8) is 0 Å². The van der Waals surface area contributed by atoms with Gasteiger partial charge >= 0.3 is 0 Å². The van der Waals surface area contributed by atoms with Crippen molar-refractivity contribution >= 4 is 11.8 Å². The molecule has 4 heteroatoms. The quantitative estimate of drug-likeness (QED) is 0.733. The van der Waals surface area contributed by atoms with Gasteiger partial charge in [-0.2, -0.15) is 0 Å². The van der Waals surface area contributed by atoms with Crippen molar-refractivity contribution in [1.82, 2.24) is 10.2 Å². The lowest BCUT2D eigenvalue weighted by molar-refractivity contribution is -0.146. The second-order valence-electron chi connectivity index (χ2n) is 4.97. The Morgan fingerprint density at radius 2 is 2.12 bits per heavy atom. The normalized spacial score (nSPS) is 22.3. The van der Waals surface area contributed by atoms with Crippen molar-refractivity contribution in [3.8, 4) is 12.3 Å². The van der Waals surface area contributed by atoms with Gasteiger partial charge in [0.05, 0.1) is 6.54 Å². The molecule has 17 heavy (non-hydrogen) atoms. The molecule has 4 nitrogen and oxygen atoms in total. The molecule has 1 aliphatic rings. The first-order chi connectivity index (χ1) is 7.95. The molecule has 0 bridgehead atoms. The van der Waals surface area contributed by atoms with Crippen LogP contribution in [0.3, 0.4) is 0 Å². The first-order valence-corrected chi connectivity index (χ1v) is 5.99. The number of hydrogen-bond acceptors (Lipinski definition) is 2. The fourth-order valence-electron chi connectivity index (χ4n) is 2.02. The Labute approximate surface area is 103 Å². The van der Waals surface area contributed by atoms with E-state index in [0.717, 1.165) is 0 Å². The number of hydrogen-bond donors (Lipinski definition) is 1. The molecule has 0 aromatic rings. The molecule has 1 rings (SSSR count). The zero-order chi connectivity index (χ0) is 13.0. The van der Waals surface area contributed by atoms with Crippen LogP contribution >= 0.6 is 0 Å². The summed E-state index contributed by atoms with van der Waals surface area (Å²) in [6.45, 7) is 6.06. The van der Waals surface area contributed by atoms with Gasteiger partial charge in [0.1, 0.15) is 6.04 Å². The molecule has 2 amide bonds. The number of carbonyl (C=O) groups is 2. The summed E-state index contributed by atoms with van der Waals surface area (Å²) in [5.74, 6) is 2.79. The Morgan fingerprint density at radius 1 is 1.47 bits per heavy atom. The molecular weight excluding hydrogens is 216 g/mol. The molecule has 1 N–H and O–H groups in total. The SMILES string of the molecule is C#CCC(C)N1CC(=O)NC(CC(C)C)C1=O. The molecule has 1 fully saturated rings. The highest BCUT2D eigenvalue weighted by molar-refractivity contribution is 5.95. The lowest BCUT2D eigenvalue weighted by atomic mass is 9.99. The van der Waals surface area contributed by atoms with Crippen LogP contribution in [0.1, 0.15) is 33.6 Å². The van der Waals surface area contributed by atoms with E-state index >= 15 is 0 Å². The molecule has 0 saturated carbocycles. The number of nitrogens with one attached hydrogen (secondary N) is 1. The fourth-order valence-corrected chi connectivity index (χ4v) is 2.02. The predicted octanol–water partition coefficient (Wildman–Crippen LogP) is 0.771. The number of carbonyl (C=O) groups excluding carboxylic acids is 2. The zero-order valence-electron chi connectivity index (χ0n) is 10.7. The summed E-state index contributed by atoms with van der Waals surface area (Å²) in [6, 6.07) is -0.468. The van der Waals surface area contributed by atoms with Crippen LogP contribution in [0, 0.1) is 18.3 Å². The minimum Gasteiger partial charge on any atom is -0.343 e. The number of nitrogens with zero attached hydrogens (tertiary/aromatic N) is 1. The molecule has 0 aliphatic carbocycles. The maximum Gasteiger partial charge on any atom is 0.245 e. The number of terminal acetylenes is 1. The van der Waals surface area contributed by atoms with Crippen molar-refractivity contribution in [3.05, 3.63) is 0 Å². The van der Waals surface area contributed by atoms with Gasteiger partial charge in [-0.15, -0.1) is 12.3 Å². The molecule has 0 radical (unpaired) electrons.